The molecule has 0 unspecified atom stereocenters. The van der Waals surface area contributed by atoms with E-state index in [-0.39, 0.29) is 5.91 Å². The van der Waals surface area contributed by atoms with Crippen LogP contribution in [0.4, 0.5) is 11.4 Å². The van der Waals surface area contributed by atoms with E-state index >= 15 is 0 Å². The molecule has 3 nitrogen and oxygen atoms in total. The highest BCUT2D eigenvalue weighted by Crippen LogP contribution is 2.22. The fourth-order valence-electron chi connectivity index (χ4n) is 2.05. The van der Waals surface area contributed by atoms with Gasteiger partial charge < -0.3 is 10.6 Å². The number of halogens is 1. The first-order valence-electron chi connectivity index (χ1n) is 7.02. The second-order valence-electron chi connectivity index (χ2n) is 4.89. The summed E-state index contributed by atoms with van der Waals surface area (Å²) in [6, 6.07) is 12.9. The summed E-state index contributed by atoms with van der Waals surface area (Å²) in [6.45, 7) is 4.97. The minimum atomic E-state index is -0.150. The summed E-state index contributed by atoms with van der Waals surface area (Å²) in [5.74, 6) is -0.150. The van der Waals surface area contributed by atoms with Crippen LogP contribution in [-0.4, -0.2) is 12.5 Å². The van der Waals surface area contributed by atoms with Crippen LogP contribution in [-0.2, 0) is 0 Å². The van der Waals surface area contributed by atoms with Gasteiger partial charge in [0.05, 0.1) is 10.7 Å². The third-order valence-corrected chi connectivity index (χ3v) is 3.50. The molecule has 2 aromatic carbocycles. The molecule has 2 rings (SSSR count). The van der Waals surface area contributed by atoms with Gasteiger partial charge >= 0.3 is 0 Å². The molecule has 0 fully saturated rings. The first-order valence-corrected chi connectivity index (χ1v) is 7.40. The lowest BCUT2D eigenvalue weighted by atomic mass is 10.1. The molecule has 0 aliphatic heterocycles. The lowest BCUT2D eigenvalue weighted by Crippen LogP contribution is -2.14. The number of anilines is 2. The highest BCUT2D eigenvalue weighted by Gasteiger charge is 2.11. The molecule has 2 N–H and O–H groups in total. The Kier molecular flexibility index (Phi) is 5.23. The molecule has 2 aromatic rings. The maximum Gasteiger partial charge on any atom is 0.255 e. The number of carbonyl (C=O) groups excluding carboxylic acids is 1. The molecule has 0 bridgehead atoms. The van der Waals surface area contributed by atoms with Crippen molar-refractivity contribution in [3.05, 3.63) is 58.6 Å². The number of rotatable bonds is 5. The van der Waals surface area contributed by atoms with Gasteiger partial charge in [0.25, 0.3) is 5.91 Å². The van der Waals surface area contributed by atoms with Crippen molar-refractivity contribution in [1.29, 1.82) is 0 Å². The second-order valence-corrected chi connectivity index (χ2v) is 5.30. The molecule has 0 spiro atoms. The summed E-state index contributed by atoms with van der Waals surface area (Å²) in [5.41, 5.74) is 3.23. The van der Waals surface area contributed by atoms with Gasteiger partial charge in [-0.3, -0.25) is 4.79 Å². The molecule has 0 radical (unpaired) electrons. The van der Waals surface area contributed by atoms with Gasteiger partial charge in [-0.1, -0.05) is 30.7 Å². The number of para-hydroxylation sites is 1. The van der Waals surface area contributed by atoms with Crippen molar-refractivity contribution >= 4 is 28.9 Å². The second kappa shape index (κ2) is 7.14. The van der Waals surface area contributed by atoms with Crippen LogP contribution >= 0.6 is 11.6 Å². The highest BCUT2D eigenvalue weighted by molar-refractivity contribution is 6.33. The Morgan fingerprint density at radius 3 is 2.62 bits per heavy atom. The number of carbonyl (C=O) groups is 1. The standard InChI is InChI=1S/C17H19ClN2O/c1-3-10-19-13-8-9-14(12(2)11-13)17(21)20-16-7-5-4-6-15(16)18/h4-9,11,19H,3,10H2,1-2H3,(H,20,21). The average Bonchev–Trinajstić information content (AvgIpc) is 2.47. The van der Waals surface area contributed by atoms with Gasteiger partial charge in [-0.2, -0.15) is 0 Å². The van der Waals surface area contributed by atoms with E-state index in [1.54, 1.807) is 12.1 Å². The van der Waals surface area contributed by atoms with Crippen LogP contribution in [0.2, 0.25) is 5.02 Å². The van der Waals surface area contributed by atoms with Crippen molar-refractivity contribution in [2.45, 2.75) is 20.3 Å². The molecular weight excluding hydrogens is 284 g/mol. The zero-order chi connectivity index (χ0) is 15.2. The Labute approximate surface area is 130 Å². The maximum atomic E-state index is 12.3. The Balaban J connectivity index is 2.14. The van der Waals surface area contributed by atoms with E-state index in [2.05, 4.69) is 17.6 Å². The fraction of sp³-hybridized carbons (Fsp3) is 0.235. The van der Waals surface area contributed by atoms with Crippen molar-refractivity contribution in [3.8, 4) is 0 Å². The Hall–Kier alpha value is -2.00. The minimum absolute atomic E-state index is 0.150. The van der Waals surface area contributed by atoms with E-state index < -0.39 is 0 Å². The van der Waals surface area contributed by atoms with Crippen LogP contribution in [0.1, 0.15) is 29.3 Å². The Bertz CT molecular complexity index is 640. The fourth-order valence-corrected chi connectivity index (χ4v) is 2.23. The van der Waals surface area contributed by atoms with Crippen LogP contribution in [0.5, 0.6) is 0 Å². The van der Waals surface area contributed by atoms with Gasteiger partial charge in [-0.15, -0.1) is 0 Å². The van der Waals surface area contributed by atoms with E-state index in [4.69, 9.17) is 11.6 Å². The van der Waals surface area contributed by atoms with E-state index in [9.17, 15) is 4.79 Å². The van der Waals surface area contributed by atoms with Crippen molar-refractivity contribution in [2.75, 3.05) is 17.2 Å². The molecule has 0 aliphatic carbocycles. The third kappa shape index (κ3) is 3.99. The largest absolute Gasteiger partial charge is 0.385 e. The first-order chi connectivity index (χ1) is 10.1. The van der Waals surface area contributed by atoms with Crippen LogP contribution < -0.4 is 10.6 Å². The molecule has 21 heavy (non-hydrogen) atoms. The summed E-state index contributed by atoms with van der Waals surface area (Å²) in [4.78, 5) is 12.3. The molecule has 0 saturated carbocycles. The lowest BCUT2D eigenvalue weighted by molar-refractivity contribution is 0.102. The van der Waals surface area contributed by atoms with Crippen LogP contribution in [0.25, 0.3) is 0 Å². The van der Waals surface area contributed by atoms with Gasteiger partial charge in [0.1, 0.15) is 0 Å². The molecule has 110 valence electrons. The summed E-state index contributed by atoms with van der Waals surface area (Å²) >= 11 is 6.05. The van der Waals surface area contributed by atoms with Gasteiger partial charge in [-0.05, 0) is 49.2 Å². The molecule has 0 saturated heterocycles. The Morgan fingerprint density at radius 1 is 1.19 bits per heavy atom. The number of amides is 1. The summed E-state index contributed by atoms with van der Waals surface area (Å²) in [5, 5.41) is 6.68. The van der Waals surface area contributed by atoms with Crippen LogP contribution in [0.15, 0.2) is 42.5 Å². The van der Waals surface area contributed by atoms with Gasteiger partial charge in [-0.25, -0.2) is 0 Å². The monoisotopic (exact) mass is 302 g/mol. The maximum absolute atomic E-state index is 12.3. The van der Waals surface area contributed by atoms with Crippen molar-refractivity contribution in [1.82, 2.24) is 0 Å². The van der Waals surface area contributed by atoms with Gasteiger partial charge in [0, 0.05) is 17.8 Å². The Morgan fingerprint density at radius 2 is 1.95 bits per heavy atom. The summed E-state index contributed by atoms with van der Waals surface area (Å²) in [7, 11) is 0. The quantitative estimate of drug-likeness (QED) is 0.839. The predicted molar refractivity (Wildman–Crippen MR) is 89.4 cm³/mol. The smallest absolute Gasteiger partial charge is 0.255 e. The first kappa shape index (κ1) is 15.4. The zero-order valence-corrected chi connectivity index (χ0v) is 13.0. The molecule has 0 aromatic heterocycles. The number of aryl methyl sites for hydroxylation is 1. The number of benzene rings is 2. The normalized spacial score (nSPS) is 10.2. The van der Waals surface area contributed by atoms with Crippen molar-refractivity contribution in [3.63, 3.8) is 0 Å². The molecule has 1 amide bonds. The lowest BCUT2D eigenvalue weighted by Gasteiger charge is -2.11. The SMILES string of the molecule is CCCNc1ccc(C(=O)Nc2ccccc2Cl)c(C)c1. The summed E-state index contributed by atoms with van der Waals surface area (Å²) in [6.07, 6.45) is 1.06. The van der Waals surface area contributed by atoms with E-state index in [0.717, 1.165) is 24.2 Å². The van der Waals surface area contributed by atoms with E-state index in [1.807, 2.05) is 37.3 Å². The predicted octanol–water partition coefficient (Wildman–Crippen LogP) is 4.72. The van der Waals surface area contributed by atoms with Crippen LogP contribution in [0, 0.1) is 6.92 Å². The molecule has 0 atom stereocenters. The van der Waals surface area contributed by atoms with Crippen molar-refractivity contribution in [2.24, 2.45) is 0 Å². The molecule has 4 heteroatoms. The van der Waals surface area contributed by atoms with E-state index in [0.29, 0.717) is 16.3 Å². The highest BCUT2D eigenvalue weighted by atomic mass is 35.5. The number of hydrogen-bond donors (Lipinski definition) is 2. The van der Waals surface area contributed by atoms with E-state index in [1.165, 1.54) is 0 Å². The summed E-state index contributed by atoms with van der Waals surface area (Å²) < 4.78 is 0. The third-order valence-electron chi connectivity index (χ3n) is 3.17. The van der Waals surface area contributed by atoms with Gasteiger partial charge in [0.2, 0.25) is 0 Å². The van der Waals surface area contributed by atoms with Gasteiger partial charge in [0.15, 0.2) is 0 Å². The van der Waals surface area contributed by atoms with Crippen molar-refractivity contribution < 1.29 is 4.79 Å². The van der Waals surface area contributed by atoms with Crippen LogP contribution in [0.3, 0.4) is 0 Å². The number of hydrogen-bond acceptors (Lipinski definition) is 2. The molecular formula is C17H19ClN2O. The molecule has 0 heterocycles. The molecule has 0 aliphatic rings. The zero-order valence-electron chi connectivity index (χ0n) is 12.2. The minimum Gasteiger partial charge on any atom is -0.385 e. The topological polar surface area (TPSA) is 41.1 Å². The number of nitrogens with one attached hydrogen (secondary N) is 2. The average molecular weight is 303 g/mol.